The van der Waals surface area contributed by atoms with E-state index in [0.717, 1.165) is 16.3 Å². The van der Waals surface area contributed by atoms with Crippen LogP contribution in [0.3, 0.4) is 0 Å². The number of aliphatic hydroxyl groups excluding tert-OH is 1. The van der Waals surface area contributed by atoms with E-state index in [1.165, 1.54) is 19.2 Å². The summed E-state index contributed by atoms with van der Waals surface area (Å²) in [4.78, 5) is 40.6. The molecule has 17 heteroatoms. The van der Waals surface area contributed by atoms with Crippen LogP contribution in [0.15, 0.2) is 17.1 Å². The minimum absolute atomic E-state index is 0.0131. The van der Waals surface area contributed by atoms with Crippen molar-refractivity contribution in [3.05, 3.63) is 22.7 Å². The number of anilines is 1. The van der Waals surface area contributed by atoms with Gasteiger partial charge in [-0.3, -0.25) is 14.2 Å². The average Bonchev–Trinajstić information content (AvgIpc) is 3.03. The van der Waals surface area contributed by atoms with Gasteiger partial charge in [0.05, 0.1) is 19.3 Å². The second kappa shape index (κ2) is 13.9. The predicted molar refractivity (Wildman–Crippen MR) is 154 cm³/mol. The van der Waals surface area contributed by atoms with E-state index in [0.29, 0.717) is 0 Å². The Morgan fingerprint density at radius 2 is 2.00 bits per heavy atom. The molecule has 1 fully saturated rings. The molecule has 39 heavy (non-hydrogen) atoms. The molecule has 1 saturated heterocycles. The number of rotatable bonds is 12. The number of aromatic nitrogens is 2. The molecule has 1 aromatic heterocycles. The lowest BCUT2D eigenvalue weighted by Crippen LogP contribution is -2.40. The van der Waals surface area contributed by atoms with Gasteiger partial charge < -0.3 is 29.4 Å². The van der Waals surface area contributed by atoms with Gasteiger partial charge in [0.25, 0.3) is 6.64 Å². The molecule has 1 aromatic rings. The van der Waals surface area contributed by atoms with Gasteiger partial charge in [-0.15, -0.1) is 0 Å². The summed E-state index contributed by atoms with van der Waals surface area (Å²) < 4.78 is 21.8. The molecule has 2 heterocycles. The molecule has 5 atom stereocenters. The summed E-state index contributed by atoms with van der Waals surface area (Å²) in [6, 6.07) is 0.450. The summed E-state index contributed by atoms with van der Waals surface area (Å²) in [6.45, 7) is 6.63. The molecule has 4 N–H and O–H groups in total. The zero-order chi connectivity index (χ0) is 29.8. The largest absolute Gasteiger partial charge is 0.462 e. The van der Waals surface area contributed by atoms with Crippen molar-refractivity contribution in [2.45, 2.75) is 76.5 Å². The highest BCUT2D eigenvalue weighted by Crippen LogP contribution is 2.49. The highest BCUT2D eigenvalue weighted by molar-refractivity contribution is 8.13. The van der Waals surface area contributed by atoms with Crippen LogP contribution >= 0.6 is 41.6 Å². The van der Waals surface area contributed by atoms with Crippen LogP contribution in [0, 0.1) is 5.41 Å². The third kappa shape index (κ3) is 9.63. The standard InChI is InChI=1S/C22H35Cl2N4O8PS2/c1-12(2)35-17(30)13(3)27-37(38,33-9-10-39-19(31)21(4,5)6)34-11-14-16(29)22(23,24)18(36-14)28-8-7-15(25)26-20(28)32/h7-8,12-14,16,18,29H,9-11H2,1-6H3,(H,27,38)(H2,25,26,32)/t13-,14+,16+,18+,37+/m0/s1. The fraction of sp³-hybridized carbons (Fsp3) is 0.727. The number of nitrogens with two attached hydrogens (primary N) is 1. The maximum atomic E-state index is 12.4. The number of carbonyl (C=O) groups excluding carboxylic acids is 2. The van der Waals surface area contributed by atoms with Crippen molar-refractivity contribution in [2.75, 3.05) is 24.7 Å². The van der Waals surface area contributed by atoms with Crippen LogP contribution in [0.4, 0.5) is 5.82 Å². The molecule has 0 unspecified atom stereocenters. The van der Waals surface area contributed by atoms with Gasteiger partial charge >= 0.3 is 11.7 Å². The van der Waals surface area contributed by atoms with Crippen molar-refractivity contribution in [1.82, 2.24) is 14.6 Å². The molecule has 0 radical (unpaired) electrons. The molecular weight excluding hydrogens is 614 g/mol. The Kier molecular flexibility index (Phi) is 12.3. The number of ether oxygens (including phenoxy) is 2. The van der Waals surface area contributed by atoms with Gasteiger partial charge in [-0.05, 0) is 38.6 Å². The predicted octanol–water partition coefficient (Wildman–Crippen LogP) is 2.75. The molecule has 1 aliphatic rings. The van der Waals surface area contributed by atoms with E-state index in [1.54, 1.807) is 13.8 Å². The second-order valence-corrected chi connectivity index (χ2v) is 15.8. The fourth-order valence-corrected chi connectivity index (χ4v) is 6.99. The number of nitrogens with zero attached hydrogens (tertiary/aromatic N) is 2. The zero-order valence-electron chi connectivity index (χ0n) is 22.5. The third-order valence-corrected chi connectivity index (χ3v) is 9.87. The Labute approximate surface area is 246 Å². The summed E-state index contributed by atoms with van der Waals surface area (Å²) in [5.74, 6) is -0.299. The van der Waals surface area contributed by atoms with Gasteiger partial charge in [-0.2, -0.15) is 4.98 Å². The Morgan fingerprint density at radius 1 is 1.36 bits per heavy atom. The molecule has 0 amide bonds. The maximum Gasteiger partial charge on any atom is 0.351 e. The first-order chi connectivity index (χ1) is 17.9. The molecule has 2 rings (SSSR count). The highest BCUT2D eigenvalue weighted by atomic mass is 35.5. The summed E-state index contributed by atoms with van der Waals surface area (Å²) in [7, 11) is 0. The van der Waals surface area contributed by atoms with Gasteiger partial charge in [0, 0.05) is 17.4 Å². The van der Waals surface area contributed by atoms with Crippen molar-refractivity contribution >= 4 is 70.3 Å². The number of esters is 1. The normalized spacial score (nSPS) is 23.4. The van der Waals surface area contributed by atoms with Crippen LogP contribution in [0.1, 0.15) is 47.8 Å². The van der Waals surface area contributed by atoms with E-state index in [9.17, 15) is 19.5 Å². The van der Waals surface area contributed by atoms with E-state index in [2.05, 4.69) is 10.1 Å². The topological polar surface area (TPSA) is 164 Å². The van der Waals surface area contributed by atoms with Crippen molar-refractivity contribution < 1.29 is 33.2 Å². The summed E-state index contributed by atoms with van der Waals surface area (Å²) in [5, 5.41) is 13.6. The molecule has 0 aromatic carbocycles. The van der Waals surface area contributed by atoms with Crippen LogP contribution in [0.2, 0.25) is 0 Å². The number of thioether (sulfide) groups is 1. The van der Waals surface area contributed by atoms with Gasteiger partial charge in [0.1, 0.15) is 24.1 Å². The van der Waals surface area contributed by atoms with Crippen molar-refractivity contribution in [1.29, 1.82) is 0 Å². The number of alkyl halides is 2. The smallest absolute Gasteiger partial charge is 0.351 e. The quantitative estimate of drug-likeness (QED) is 0.131. The Morgan fingerprint density at radius 3 is 2.56 bits per heavy atom. The molecule has 0 bridgehead atoms. The molecule has 0 spiro atoms. The first kappa shape index (κ1) is 34.4. The summed E-state index contributed by atoms with van der Waals surface area (Å²) in [6.07, 6.45) is -3.04. The van der Waals surface area contributed by atoms with E-state index >= 15 is 0 Å². The molecule has 12 nitrogen and oxygen atoms in total. The third-order valence-electron chi connectivity index (χ3n) is 5.14. The van der Waals surface area contributed by atoms with E-state index in [1.807, 2.05) is 20.8 Å². The number of nitrogens with one attached hydrogen (secondary N) is 1. The lowest BCUT2D eigenvalue weighted by Gasteiger charge is -2.28. The summed E-state index contributed by atoms with van der Waals surface area (Å²) in [5.41, 5.74) is 4.22. The van der Waals surface area contributed by atoms with Crippen LogP contribution in [-0.2, 0) is 39.9 Å². The van der Waals surface area contributed by atoms with Crippen LogP contribution in [0.25, 0.3) is 0 Å². The molecule has 0 aliphatic carbocycles. The van der Waals surface area contributed by atoms with E-state index in [-0.39, 0.29) is 36.0 Å². The lowest BCUT2D eigenvalue weighted by molar-refractivity contribution is -0.149. The number of halogens is 2. The Balaban J connectivity index is 2.16. The van der Waals surface area contributed by atoms with Crippen molar-refractivity contribution in [3.63, 3.8) is 0 Å². The average molecular weight is 650 g/mol. The molecular formula is C22H35Cl2N4O8PS2. The fourth-order valence-electron chi connectivity index (χ4n) is 3.13. The van der Waals surface area contributed by atoms with E-state index < -0.39 is 52.5 Å². The Bertz CT molecular complexity index is 1130. The second-order valence-electron chi connectivity index (χ2n) is 10.0. The SMILES string of the molecule is CC(C)OC(=O)[C@H](C)N[P@@](=S)(OCCSC(=O)C(C)(C)C)OC[C@H]1O[C@@H](n2ccc(N)nc2=O)C(Cl)(Cl)[C@@H]1O. The number of aliphatic hydroxyl groups is 1. The number of hydrogen-bond donors (Lipinski definition) is 3. The minimum Gasteiger partial charge on any atom is -0.462 e. The van der Waals surface area contributed by atoms with Crippen molar-refractivity contribution in [2.24, 2.45) is 5.41 Å². The van der Waals surface area contributed by atoms with Gasteiger partial charge in [0.15, 0.2) is 15.7 Å². The van der Waals surface area contributed by atoms with E-state index in [4.69, 9.17) is 59.3 Å². The van der Waals surface area contributed by atoms with Gasteiger partial charge in [0.2, 0.25) is 0 Å². The molecule has 1 aliphatic heterocycles. The lowest BCUT2D eigenvalue weighted by atomic mass is 10.00. The number of hydrogen-bond acceptors (Lipinski definition) is 12. The van der Waals surface area contributed by atoms with Gasteiger partial charge in [-0.25, -0.2) is 9.88 Å². The first-order valence-electron chi connectivity index (χ1n) is 12.0. The summed E-state index contributed by atoms with van der Waals surface area (Å²) >= 11 is 19.5. The molecule has 222 valence electrons. The van der Waals surface area contributed by atoms with Crippen molar-refractivity contribution in [3.8, 4) is 0 Å². The van der Waals surface area contributed by atoms with Crippen LogP contribution in [0.5, 0.6) is 0 Å². The minimum atomic E-state index is -3.42. The number of carbonyl (C=O) groups is 2. The Hall–Kier alpha value is -0.800. The first-order valence-corrected chi connectivity index (χ1v) is 16.4. The maximum absolute atomic E-state index is 12.4. The van der Waals surface area contributed by atoms with Gasteiger partial charge in [-0.1, -0.05) is 55.7 Å². The monoisotopic (exact) mass is 648 g/mol. The van der Waals surface area contributed by atoms with Crippen LogP contribution < -0.4 is 16.5 Å². The molecule has 0 saturated carbocycles. The zero-order valence-corrected chi connectivity index (χ0v) is 26.5. The number of nitrogen functional groups attached to an aromatic ring is 1. The highest BCUT2D eigenvalue weighted by Gasteiger charge is 2.56. The van der Waals surface area contributed by atoms with Crippen LogP contribution in [-0.4, -0.2) is 73.4 Å².